The number of nitrogens with two attached hydrogens (primary N) is 2. The highest BCUT2D eigenvalue weighted by molar-refractivity contribution is 5.79. The first-order valence-electron chi connectivity index (χ1n) is 8.74. The van der Waals surface area contributed by atoms with E-state index < -0.39 is 0 Å². The van der Waals surface area contributed by atoms with Gasteiger partial charge in [-0.05, 0) is 19.1 Å². The highest BCUT2D eigenvalue weighted by Gasteiger charge is 2.25. The number of nitrogens with zero attached hydrogens (tertiary/aromatic N) is 5. The standard InChI is InChI=1S/C18H24N8O/c1-3-6-21-18(27)26-9-7-25(8-10-26)16-15(12(2)23-17(20)24-16)13-4-5-14(19)22-11-13/h3-5,11H,1,6-10H2,2H3,(H2,19,22)(H,21,27)(H2,20,23,24). The van der Waals surface area contributed by atoms with Crippen LogP contribution in [0.3, 0.4) is 0 Å². The Morgan fingerprint density at radius 3 is 2.63 bits per heavy atom. The summed E-state index contributed by atoms with van der Waals surface area (Å²) in [4.78, 5) is 29.0. The molecule has 1 aliphatic rings. The van der Waals surface area contributed by atoms with Gasteiger partial charge >= 0.3 is 6.03 Å². The molecule has 0 bridgehead atoms. The summed E-state index contributed by atoms with van der Waals surface area (Å²) < 4.78 is 0. The number of amides is 2. The topological polar surface area (TPSA) is 126 Å². The van der Waals surface area contributed by atoms with E-state index in [1.54, 1.807) is 23.2 Å². The zero-order chi connectivity index (χ0) is 19.4. The molecule has 0 aliphatic carbocycles. The van der Waals surface area contributed by atoms with Gasteiger partial charge in [0.1, 0.15) is 11.6 Å². The third-order valence-electron chi connectivity index (χ3n) is 4.43. The van der Waals surface area contributed by atoms with Crippen molar-refractivity contribution < 1.29 is 4.79 Å². The molecule has 0 atom stereocenters. The van der Waals surface area contributed by atoms with Crippen molar-refractivity contribution in [2.75, 3.05) is 49.1 Å². The Morgan fingerprint density at radius 2 is 2.00 bits per heavy atom. The fourth-order valence-corrected chi connectivity index (χ4v) is 3.09. The number of carbonyl (C=O) groups is 1. The van der Waals surface area contributed by atoms with Crippen LogP contribution in [0.25, 0.3) is 11.1 Å². The molecule has 1 fully saturated rings. The van der Waals surface area contributed by atoms with Gasteiger partial charge < -0.3 is 26.6 Å². The number of nitrogen functional groups attached to an aromatic ring is 2. The number of pyridine rings is 1. The second kappa shape index (κ2) is 7.90. The van der Waals surface area contributed by atoms with Crippen LogP contribution in [-0.4, -0.2) is 58.6 Å². The normalized spacial score (nSPS) is 14.1. The monoisotopic (exact) mass is 368 g/mol. The lowest BCUT2D eigenvalue weighted by molar-refractivity contribution is 0.195. The highest BCUT2D eigenvalue weighted by Crippen LogP contribution is 2.32. The summed E-state index contributed by atoms with van der Waals surface area (Å²) in [5, 5.41) is 2.80. The Kier molecular flexibility index (Phi) is 5.39. The van der Waals surface area contributed by atoms with E-state index >= 15 is 0 Å². The molecule has 5 N–H and O–H groups in total. The molecule has 0 radical (unpaired) electrons. The minimum atomic E-state index is -0.0871. The molecule has 1 aliphatic heterocycles. The van der Waals surface area contributed by atoms with Gasteiger partial charge in [0, 0.05) is 50.0 Å². The molecule has 0 unspecified atom stereocenters. The van der Waals surface area contributed by atoms with Crippen LogP contribution in [-0.2, 0) is 0 Å². The van der Waals surface area contributed by atoms with Crippen molar-refractivity contribution in [2.24, 2.45) is 0 Å². The number of urea groups is 1. The molecule has 2 amide bonds. The van der Waals surface area contributed by atoms with Crippen molar-refractivity contribution in [3.8, 4) is 11.1 Å². The van der Waals surface area contributed by atoms with E-state index in [1.165, 1.54) is 0 Å². The van der Waals surface area contributed by atoms with Gasteiger partial charge in [-0.25, -0.2) is 14.8 Å². The van der Waals surface area contributed by atoms with Gasteiger partial charge in [-0.3, -0.25) is 0 Å². The molecule has 3 heterocycles. The summed E-state index contributed by atoms with van der Waals surface area (Å²) >= 11 is 0. The van der Waals surface area contributed by atoms with E-state index in [4.69, 9.17) is 11.5 Å². The molecule has 1 saturated heterocycles. The first kappa shape index (κ1) is 18.4. The molecular weight excluding hydrogens is 344 g/mol. The third-order valence-corrected chi connectivity index (χ3v) is 4.43. The van der Waals surface area contributed by atoms with Gasteiger partial charge in [0.15, 0.2) is 0 Å². The lowest BCUT2D eigenvalue weighted by Gasteiger charge is -2.36. The van der Waals surface area contributed by atoms with E-state index in [0.717, 1.165) is 22.6 Å². The molecule has 27 heavy (non-hydrogen) atoms. The van der Waals surface area contributed by atoms with Gasteiger partial charge in [0.25, 0.3) is 0 Å². The Labute approximate surface area is 158 Å². The lowest BCUT2D eigenvalue weighted by Crippen LogP contribution is -2.52. The summed E-state index contributed by atoms with van der Waals surface area (Å²) in [6, 6.07) is 3.56. The Bertz CT molecular complexity index is 828. The van der Waals surface area contributed by atoms with Gasteiger partial charge in [-0.1, -0.05) is 6.08 Å². The quantitative estimate of drug-likeness (QED) is 0.688. The molecular formula is C18H24N8O. The number of carbonyl (C=O) groups excluding carboxylic acids is 1. The van der Waals surface area contributed by atoms with Crippen molar-refractivity contribution in [1.82, 2.24) is 25.2 Å². The van der Waals surface area contributed by atoms with Gasteiger partial charge in [-0.2, -0.15) is 4.98 Å². The number of anilines is 3. The molecule has 3 rings (SSSR count). The predicted octanol–water partition coefficient (Wildman–Crippen LogP) is 1.03. The van der Waals surface area contributed by atoms with Crippen LogP contribution in [0.15, 0.2) is 31.0 Å². The first-order valence-corrected chi connectivity index (χ1v) is 8.74. The zero-order valence-corrected chi connectivity index (χ0v) is 15.4. The molecule has 0 aromatic carbocycles. The van der Waals surface area contributed by atoms with Crippen molar-refractivity contribution in [3.63, 3.8) is 0 Å². The minimum Gasteiger partial charge on any atom is -0.384 e. The van der Waals surface area contributed by atoms with Crippen molar-refractivity contribution >= 4 is 23.6 Å². The second-order valence-electron chi connectivity index (χ2n) is 6.29. The van der Waals surface area contributed by atoms with Gasteiger partial charge in [-0.15, -0.1) is 6.58 Å². The number of hydrogen-bond acceptors (Lipinski definition) is 7. The maximum absolute atomic E-state index is 12.1. The molecule has 9 nitrogen and oxygen atoms in total. The van der Waals surface area contributed by atoms with Crippen LogP contribution >= 0.6 is 0 Å². The average molecular weight is 368 g/mol. The van der Waals surface area contributed by atoms with Crippen molar-refractivity contribution in [3.05, 3.63) is 36.7 Å². The number of aryl methyl sites for hydroxylation is 1. The van der Waals surface area contributed by atoms with Gasteiger partial charge in [0.05, 0.1) is 5.69 Å². The summed E-state index contributed by atoms with van der Waals surface area (Å²) in [7, 11) is 0. The number of hydrogen-bond donors (Lipinski definition) is 3. The van der Waals surface area contributed by atoms with E-state index in [2.05, 4.69) is 31.7 Å². The molecule has 2 aromatic heterocycles. The first-order chi connectivity index (χ1) is 13.0. The summed E-state index contributed by atoms with van der Waals surface area (Å²) in [6.07, 6.45) is 3.37. The molecule has 0 saturated carbocycles. The zero-order valence-electron chi connectivity index (χ0n) is 15.4. The summed E-state index contributed by atoms with van der Waals surface area (Å²) in [6.45, 7) is 8.43. The SMILES string of the molecule is C=CCNC(=O)N1CCN(c2nc(N)nc(C)c2-c2ccc(N)nc2)CC1. The largest absolute Gasteiger partial charge is 0.384 e. The van der Waals surface area contributed by atoms with Crippen molar-refractivity contribution in [2.45, 2.75) is 6.92 Å². The Hall–Kier alpha value is -3.36. The van der Waals surface area contributed by atoms with E-state index in [1.807, 2.05) is 13.0 Å². The summed E-state index contributed by atoms with van der Waals surface area (Å²) in [5.74, 6) is 1.42. The van der Waals surface area contributed by atoms with Crippen LogP contribution in [0.4, 0.5) is 22.4 Å². The van der Waals surface area contributed by atoms with Crippen LogP contribution in [0.5, 0.6) is 0 Å². The second-order valence-corrected chi connectivity index (χ2v) is 6.29. The van der Waals surface area contributed by atoms with E-state index in [9.17, 15) is 4.79 Å². The van der Waals surface area contributed by atoms with E-state index in [0.29, 0.717) is 38.5 Å². The lowest BCUT2D eigenvalue weighted by atomic mass is 10.1. The molecule has 142 valence electrons. The average Bonchev–Trinajstić information content (AvgIpc) is 2.66. The number of piperazine rings is 1. The fourth-order valence-electron chi connectivity index (χ4n) is 3.09. The van der Waals surface area contributed by atoms with Crippen LogP contribution in [0, 0.1) is 6.92 Å². The Balaban J connectivity index is 1.84. The number of aromatic nitrogens is 3. The van der Waals surface area contributed by atoms with Crippen LogP contribution < -0.4 is 21.7 Å². The fraction of sp³-hybridized carbons (Fsp3) is 0.333. The van der Waals surface area contributed by atoms with Gasteiger partial charge in [0.2, 0.25) is 5.95 Å². The maximum atomic E-state index is 12.1. The highest BCUT2D eigenvalue weighted by atomic mass is 16.2. The molecule has 2 aromatic rings. The maximum Gasteiger partial charge on any atom is 0.317 e. The van der Waals surface area contributed by atoms with Crippen LogP contribution in [0.2, 0.25) is 0 Å². The minimum absolute atomic E-state index is 0.0871. The van der Waals surface area contributed by atoms with Crippen molar-refractivity contribution in [1.29, 1.82) is 0 Å². The van der Waals surface area contributed by atoms with Crippen LogP contribution in [0.1, 0.15) is 5.69 Å². The molecule has 0 spiro atoms. The predicted molar refractivity (Wildman–Crippen MR) is 106 cm³/mol. The third kappa shape index (κ3) is 4.08. The smallest absolute Gasteiger partial charge is 0.317 e. The molecule has 9 heteroatoms. The number of rotatable bonds is 4. The summed E-state index contributed by atoms with van der Waals surface area (Å²) in [5.41, 5.74) is 14.1. The Morgan fingerprint density at radius 1 is 1.26 bits per heavy atom. The van der Waals surface area contributed by atoms with E-state index in [-0.39, 0.29) is 12.0 Å². The number of nitrogens with one attached hydrogen (secondary N) is 1.